The van der Waals surface area contributed by atoms with Crippen molar-refractivity contribution in [3.63, 3.8) is 0 Å². The molecule has 0 radical (unpaired) electrons. The zero-order valence-corrected chi connectivity index (χ0v) is 10.7. The van der Waals surface area contributed by atoms with Crippen LogP contribution >= 0.6 is 0 Å². The van der Waals surface area contributed by atoms with Crippen LogP contribution in [0.5, 0.6) is 0 Å². The van der Waals surface area contributed by atoms with E-state index in [0.29, 0.717) is 6.04 Å². The molecule has 17 heavy (non-hydrogen) atoms. The first-order valence-electron chi connectivity index (χ1n) is 6.05. The van der Waals surface area contributed by atoms with Gasteiger partial charge in [-0.3, -0.25) is 0 Å². The number of hydrogen-bond acceptors (Lipinski definition) is 1. The summed E-state index contributed by atoms with van der Waals surface area (Å²) in [6.07, 6.45) is 0. The minimum atomic E-state index is 0.331. The summed E-state index contributed by atoms with van der Waals surface area (Å²) in [5, 5.41) is 3.54. The molecule has 0 unspecified atom stereocenters. The first kappa shape index (κ1) is 11.7. The molecular weight excluding hydrogens is 206 g/mol. The summed E-state index contributed by atoms with van der Waals surface area (Å²) in [6, 6.07) is 17.4. The van der Waals surface area contributed by atoms with E-state index in [2.05, 4.69) is 68.6 Å². The highest BCUT2D eigenvalue weighted by molar-refractivity contribution is 5.49. The van der Waals surface area contributed by atoms with Crippen LogP contribution in [0.15, 0.2) is 48.5 Å². The highest BCUT2D eigenvalue weighted by Gasteiger charge is 2.04. The fraction of sp³-hybridized carbons (Fsp3) is 0.250. The van der Waals surface area contributed by atoms with Gasteiger partial charge in [0.05, 0.1) is 0 Å². The highest BCUT2D eigenvalue weighted by Crippen LogP contribution is 2.20. The van der Waals surface area contributed by atoms with Gasteiger partial charge in [-0.25, -0.2) is 0 Å². The summed E-state index contributed by atoms with van der Waals surface area (Å²) in [7, 11) is 0. The quantitative estimate of drug-likeness (QED) is 0.812. The Morgan fingerprint density at radius 1 is 0.882 bits per heavy atom. The fourth-order valence-corrected chi connectivity index (χ4v) is 2.13. The molecule has 0 fully saturated rings. The van der Waals surface area contributed by atoms with E-state index in [1.165, 1.54) is 22.4 Å². The van der Waals surface area contributed by atoms with Crippen molar-refractivity contribution in [1.29, 1.82) is 0 Å². The molecule has 1 heteroatoms. The van der Waals surface area contributed by atoms with E-state index in [-0.39, 0.29) is 0 Å². The Kier molecular flexibility index (Phi) is 3.48. The van der Waals surface area contributed by atoms with Crippen molar-refractivity contribution in [2.45, 2.75) is 26.8 Å². The molecule has 1 N–H and O–H groups in total. The summed E-state index contributed by atoms with van der Waals surface area (Å²) in [5.74, 6) is 0. The van der Waals surface area contributed by atoms with Crippen LogP contribution in [0.1, 0.15) is 29.7 Å². The van der Waals surface area contributed by atoms with Gasteiger partial charge in [-0.05, 0) is 49.6 Å². The third kappa shape index (κ3) is 3.10. The minimum Gasteiger partial charge on any atom is -0.379 e. The second-order valence-electron chi connectivity index (χ2n) is 4.65. The lowest BCUT2D eigenvalue weighted by molar-refractivity contribution is 0.884. The van der Waals surface area contributed by atoms with E-state index < -0.39 is 0 Å². The average molecular weight is 225 g/mol. The Labute approximate surface area is 103 Å². The summed E-state index contributed by atoms with van der Waals surface area (Å²) in [6.45, 7) is 6.45. The number of benzene rings is 2. The summed E-state index contributed by atoms with van der Waals surface area (Å²) in [5.41, 5.74) is 5.10. The van der Waals surface area contributed by atoms with Crippen LogP contribution in [0.3, 0.4) is 0 Å². The molecule has 2 aromatic carbocycles. The summed E-state index contributed by atoms with van der Waals surface area (Å²) >= 11 is 0. The smallest absolute Gasteiger partial charge is 0.0485 e. The molecule has 0 aliphatic rings. The Balaban J connectivity index is 2.16. The largest absolute Gasteiger partial charge is 0.379 e. The first-order chi connectivity index (χ1) is 8.15. The van der Waals surface area contributed by atoms with Crippen molar-refractivity contribution < 1.29 is 0 Å². The molecule has 0 amide bonds. The molecule has 88 valence electrons. The van der Waals surface area contributed by atoms with E-state index in [4.69, 9.17) is 0 Å². The van der Waals surface area contributed by atoms with E-state index in [1.54, 1.807) is 0 Å². The van der Waals surface area contributed by atoms with Gasteiger partial charge in [0.25, 0.3) is 0 Å². The lowest BCUT2D eigenvalue weighted by atomic mass is 10.1. The molecule has 2 rings (SSSR count). The van der Waals surface area contributed by atoms with Gasteiger partial charge in [-0.1, -0.05) is 36.4 Å². The van der Waals surface area contributed by atoms with Crippen LogP contribution in [0, 0.1) is 13.8 Å². The van der Waals surface area contributed by atoms with Crippen LogP contribution in [-0.4, -0.2) is 0 Å². The van der Waals surface area contributed by atoms with Crippen molar-refractivity contribution in [1.82, 2.24) is 0 Å². The fourth-order valence-electron chi connectivity index (χ4n) is 2.13. The maximum atomic E-state index is 3.54. The van der Waals surface area contributed by atoms with Gasteiger partial charge in [-0.2, -0.15) is 0 Å². The predicted molar refractivity (Wildman–Crippen MR) is 74.4 cm³/mol. The third-order valence-electron chi connectivity index (χ3n) is 2.90. The average Bonchev–Trinajstić information content (AvgIpc) is 2.28. The maximum Gasteiger partial charge on any atom is 0.0485 e. The van der Waals surface area contributed by atoms with E-state index >= 15 is 0 Å². The Bertz CT molecular complexity index is 468. The Morgan fingerprint density at radius 3 is 2.06 bits per heavy atom. The van der Waals surface area contributed by atoms with Crippen molar-refractivity contribution >= 4 is 5.69 Å². The van der Waals surface area contributed by atoms with Gasteiger partial charge >= 0.3 is 0 Å². The maximum absolute atomic E-state index is 3.54. The second kappa shape index (κ2) is 5.05. The van der Waals surface area contributed by atoms with Crippen molar-refractivity contribution in [2.75, 3.05) is 5.32 Å². The number of hydrogen-bond donors (Lipinski definition) is 1. The number of nitrogens with one attached hydrogen (secondary N) is 1. The van der Waals surface area contributed by atoms with Crippen LogP contribution in [-0.2, 0) is 0 Å². The highest BCUT2D eigenvalue weighted by atomic mass is 14.9. The van der Waals surface area contributed by atoms with Crippen LogP contribution in [0.4, 0.5) is 5.69 Å². The van der Waals surface area contributed by atoms with Gasteiger partial charge < -0.3 is 5.32 Å². The molecule has 0 aliphatic carbocycles. The molecule has 1 atom stereocenters. The third-order valence-corrected chi connectivity index (χ3v) is 2.90. The number of anilines is 1. The van der Waals surface area contributed by atoms with E-state index in [0.717, 1.165) is 0 Å². The zero-order valence-electron chi connectivity index (χ0n) is 10.7. The molecular formula is C16H19N. The van der Waals surface area contributed by atoms with E-state index in [1.807, 2.05) is 6.07 Å². The summed E-state index contributed by atoms with van der Waals surface area (Å²) in [4.78, 5) is 0. The van der Waals surface area contributed by atoms with Crippen molar-refractivity contribution in [3.05, 3.63) is 65.2 Å². The Hall–Kier alpha value is -1.76. The standard InChI is InChI=1S/C16H19N/c1-12-9-13(2)11-16(10-12)17-14(3)15-7-5-4-6-8-15/h4-11,14,17H,1-3H3/t14-/m1/s1. The van der Waals surface area contributed by atoms with Gasteiger partial charge in [-0.15, -0.1) is 0 Å². The zero-order chi connectivity index (χ0) is 12.3. The van der Waals surface area contributed by atoms with Gasteiger partial charge in [0.2, 0.25) is 0 Å². The van der Waals surface area contributed by atoms with Crippen LogP contribution in [0.2, 0.25) is 0 Å². The molecule has 0 saturated carbocycles. The predicted octanol–water partition coefficient (Wildman–Crippen LogP) is 4.48. The van der Waals surface area contributed by atoms with Gasteiger partial charge in [0.15, 0.2) is 0 Å². The molecule has 0 aromatic heterocycles. The van der Waals surface area contributed by atoms with Crippen LogP contribution < -0.4 is 5.32 Å². The topological polar surface area (TPSA) is 12.0 Å². The molecule has 0 bridgehead atoms. The SMILES string of the molecule is Cc1cc(C)cc(N[C@H](C)c2ccccc2)c1. The second-order valence-corrected chi connectivity index (χ2v) is 4.65. The molecule has 0 heterocycles. The van der Waals surface area contributed by atoms with Crippen molar-refractivity contribution in [3.8, 4) is 0 Å². The van der Waals surface area contributed by atoms with Gasteiger partial charge in [0, 0.05) is 11.7 Å². The monoisotopic (exact) mass is 225 g/mol. The van der Waals surface area contributed by atoms with E-state index in [9.17, 15) is 0 Å². The lowest BCUT2D eigenvalue weighted by Crippen LogP contribution is -2.06. The Morgan fingerprint density at radius 2 is 1.47 bits per heavy atom. The summed E-state index contributed by atoms with van der Waals surface area (Å²) < 4.78 is 0. The minimum absolute atomic E-state index is 0.331. The van der Waals surface area contributed by atoms with Crippen molar-refractivity contribution in [2.24, 2.45) is 0 Å². The van der Waals surface area contributed by atoms with Gasteiger partial charge in [0.1, 0.15) is 0 Å². The lowest BCUT2D eigenvalue weighted by Gasteiger charge is -2.16. The van der Waals surface area contributed by atoms with Crippen LogP contribution in [0.25, 0.3) is 0 Å². The number of aryl methyl sites for hydroxylation is 2. The molecule has 0 saturated heterocycles. The molecule has 0 spiro atoms. The molecule has 2 aromatic rings. The molecule has 0 aliphatic heterocycles. The normalized spacial score (nSPS) is 12.2. The number of rotatable bonds is 3. The first-order valence-corrected chi connectivity index (χ1v) is 6.05. The molecule has 1 nitrogen and oxygen atoms in total.